The summed E-state index contributed by atoms with van der Waals surface area (Å²) in [5.74, 6) is -0.316. The first-order valence-electron chi connectivity index (χ1n) is 7.60. The van der Waals surface area contributed by atoms with Gasteiger partial charge in [-0.1, -0.05) is 31.5 Å². The number of carbonyl (C=O) groups excluding carboxylic acids is 1. The number of amides is 1. The molecule has 0 bridgehead atoms. The van der Waals surface area contributed by atoms with Gasteiger partial charge in [0.15, 0.2) is 0 Å². The van der Waals surface area contributed by atoms with Gasteiger partial charge < -0.3 is 4.90 Å². The molecule has 5 nitrogen and oxygen atoms in total. The molecule has 0 aliphatic rings. The second-order valence-electron chi connectivity index (χ2n) is 5.67. The van der Waals surface area contributed by atoms with Crippen molar-refractivity contribution in [3.63, 3.8) is 0 Å². The lowest BCUT2D eigenvalue weighted by Crippen LogP contribution is -2.51. The van der Waals surface area contributed by atoms with Gasteiger partial charge in [0.2, 0.25) is 15.9 Å². The maximum Gasteiger partial charge on any atom is 0.241 e. The highest BCUT2D eigenvalue weighted by Gasteiger charge is 2.30. The van der Waals surface area contributed by atoms with Gasteiger partial charge in [0.1, 0.15) is 6.04 Å². The second kappa shape index (κ2) is 7.74. The van der Waals surface area contributed by atoms with Gasteiger partial charge in [-0.3, -0.25) is 4.79 Å². The maximum absolute atomic E-state index is 12.5. The summed E-state index contributed by atoms with van der Waals surface area (Å²) >= 11 is 0. The number of benzene rings is 1. The van der Waals surface area contributed by atoms with E-state index < -0.39 is 16.1 Å². The summed E-state index contributed by atoms with van der Waals surface area (Å²) in [6.07, 6.45) is 0. The number of aryl methyl sites for hydroxylation is 1. The average molecular weight is 326 g/mol. The fourth-order valence-corrected chi connectivity index (χ4v) is 3.49. The summed E-state index contributed by atoms with van der Waals surface area (Å²) < 4.78 is 27.5. The molecule has 0 aliphatic carbocycles. The lowest BCUT2D eigenvalue weighted by atomic mass is 10.0. The predicted octanol–water partition coefficient (Wildman–Crippen LogP) is 2.17. The third kappa shape index (κ3) is 4.55. The van der Waals surface area contributed by atoms with Crippen molar-refractivity contribution >= 4 is 15.9 Å². The van der Waals surface area contributed by atoms with Gasteiger partial charge in [-0.25, -0.2) is 8.42 Å². The molecule has 124 valence electrons. The summed E-state index contributed by atoms with van der Waals surface area (Å²) in [6.45, 7) is 10.5. The van der Waals surface area contributed by atoms with Crippen LogP contribution >= 0.6 is 0 Å². The Kier molecular flexibility index (Phi) is 6.56. The largest absolute Gasteiger partial charge is 0.342 e. The first kappa shape index (κ1) is 18.6. The minimum absolute atomic E-state index is 0.131. The van der Waals surface area contributed by atoms with Crippen molar-refractivity contribution in [3.8, 4) is 0 Å². The molecule has 0 heterocycles. The zero-order chi connectivity index (χ0) is 16.9. The Balaban J connectivity index is 3.04. The predicted molar refractivity (Wildman–Crippen MR) is 88.1 cm³/mol. The van der Waals surface area contributed by atoms with Crippen LogP contribution in [-0.4, -0.2) is 38.4 Å². The van der Waals surface area contributed by atoms with Gasteiger partial charge in [-0.2, -0.15) is 4.72 Å². The van der Waals surface area contributed by atoms with E-state index in [0.717, 1.165) is 5.56 Å². The van der Waals surface area contributed by atoms with E-state index in [2.05, 4.69) is 4.72 Å². The lowest BCUT2D eigenvalue weighted by molar-refractivity contribution is -0.133. The Morgan fingerprint density at radius 1 is 1.14 bits per heavy atom. The van der Waals surface area contributed by atoms with Crippen LogP contribution in [0.25, 0.3) is 0 Å². The number of hydrogen-bond acceptors (Lipinski definition) is 3. The first-order valence-corrected chi connectivity index (χ1v) is 9.09. The van der Waals surface area contributed by atoms with Gasteiger partial charge in [-0.05, 0) is 38.8 Å². The molecule has 6 heteroatoms. The Morgan fingerprint density at radius 3 is 2.05 bits per heavy atom. The average Bonchev–Trinajstić information content (AvgIpc) is 2.46. The molecule has 0 unspecified atom stereocenters. The van der Waals surface area contributed by atoms with E-state index in [1.165, 1.54) is 0 Å². The molecule has 1 aromatic carbocycles. The number of nitrogens with one attached hydrogen (secondary N) is 1. The Hall–Kier alpha value is -1.40. The molecule has 0 saturated heterocycles. The van der Waals surface area contributed by atoms with Crippen LogP contribution in [0.2, 0.25) is 0 Å². The zero-order valence-corrected chi connectivity index (χ0v) is 14.8. The minimum atomic E-state index is -3.71. The quantitative estimate of drug-likeness (QED) is 0.835. The van der Waals surface area contributed by atoms with Gasteiger partial charge in [0.05, 0.1) is 4.90 Å². The van der Waals surface area contributed by atoms with E-state index in [1.54, 1.807) is 29.2 Å². The molecular weight excluding hydrogens is 300 g/mol. The van der Waals surface area contributed by atoms with Crippen molar-refractivity contribution < 1.29 is 13.2 Å². The number of likely N-dealkylation sites (N-methyl/N-ethyl adjacent to an activating group) is 1. The van der Waals surface area contributed by atoms with E-state index in [4.69, 9.17) is 0 Å². The maximum atomic E-state index is 12.5. The van der Waals surface area contributed by atoms with Crippen LogP contribution in [0.15, 0.2) is 29.2 Å². The van der Waals surface area contributed by atoms with E-state index in [9.17, 15) is 13.2 Å². The summed E-state index contributed by atoms with van der Waals surface area (Å²) in [7, 11) is -3.71. The van der Waals surface area contributed by atoms with Crippen LogP contribution in [0.5, 0.6) is 0 Å². The topological polar surface area (TPSA) is 66.5 Å². The summed E-state index contributed by atoms with van der Waals surface area (Å²) in [5.41, 5.74) is 0.985. The molecule has 0 radical (unpaired) electrons. The SMILES string of the molecule is CCN(CC)C(=O)[C@@H](NS(=O)(=O)c1ccc(C)cc1)C(C)C. The normalized spacial score (nSPS) is 13.2. The molecule has 0 fully saturated rings. The van der Waals surface area contributed by atoms with E-state index in [-0.39, 0.29) is 16.7 Å². The van der Waals surface area contributed by atoms with E-state index in [0.29, 0.717) is 13.1 Å². The van der Waals surface area contributed by atoms with Crippen LogP contribution < -0.4 is 4.72 Å². The van der Waals surface area contributed by atoms with Crippen molar-refractivity contribution in [1.82, 2.24) is 9.62 Å². The number of carbonyl (C=O) groups is 1. The van der Waals surface area contributed by atoms with Crippen molar-refractivity contribution in [2.24, 2.45) is 5.92 Å². The molecule has 1 rings (SSSR count). The van der Waals surface area contributed by atoms with Crippen molar-refractivity contribution in [1.29, 1.82) is 0 Å². The first-order chi connectivity index (χ1) is 10.2. The highest BCUT2D eigenvalue weighted by molar-refractivity contribution is 7.89. The number of nitrogens with zero attached hydrogens (tertiary/aromatic N) is 1. The van der Waals surface area contributed by atoms with Crippen LogP contribution in [-0.2, 0) is 14.8 Å². The Morgan fingerprint density at radius 2 is 1.64 bits per heavy atom. The van der Waals surface area contributed by atoms with Crippen molar-refractivity contribution in [2.45, 2.75) is 45.6 Å². The Labute approximate surface area is 133 Å². The molecule has 0 aromatic heterocycles. The van der Waals surface area contributed by atoms with Gasteiger partial charge in [0, 0.05) is 13.1 Å². The van der Waals surface area contributed by atoms with Gasteiger partial charge in [-0.15, -0.1) is 0 Å². The summed E-state index contributed by atoms with van der Waals surface area (Å²) in [5, 5.41) is 0. The minimum Gasteiger partial charge on any atom is -0.342 e. The van der Waals surface area contributed by atoms with Gasteiger partial charge in [0.25, 0.3) is 0 Å². The monoisotopic (exact) mass is 326 g/mol. The molecule has 0 saturated carbocycles. The molecule has 22 heavy (non-hydrogen) atoms. The van der Waals surface area contributed by atoms with Crippen LogP contribution in [0.1, 0.15) is 33.3 Å². The Bertz CT molecular complexity index is 590. The summed E-state index contributed by atoms with van der Waals surface area (Å²) in [4.78, 5) is 14.3. The third-order valence-electron chi connectivity index (χ3n) is 3.62. The molecule has 0 aliphatic heterocycles. The number of rotatable bonds is 7. The number of hydrogen-bond donors (Lipinski definition) is 1. The van der Waals surface area contributed by atoms with Crippen molar-refractivity contribution in [2.75, 3.05) is 13.1 Å². The fourth-order valence-electron chi connectivity index (χ4n) is 2.16. The van der Waals surface area contributed by atoms with Crippen LogP contribution in [0.3, 0.4) is 0 Å². The smallest absolute Gasteiger partial charge is 0.241 e. The lowest BCUT2D eigenvalue weighted by Gasteiger charge is -2.28. The highest BCUT2D eigenvalue weighted by atomic mass is 32.2. The van der Waals surface area contributed by atoms with Gasteiger partial charge >= 0.3 is 0 Å². The molecule has 1 aromatic rings. The van der Waals surface area contributed by atoms with E-state index in [1.807, 2.05) is 34.6 Å². The number of sulfonamides is 1. The second-order valence-corrected chi connectivity index (χ2v) is 7.38. The molecule has 1 atom stereocenters. The molecule has 1 N–H and O–H groups in total. The van der Waals surface area contributed by atoms with Crippen molar-refractivity contribution in [3.05, 3.63) is 29.8 Å². The van der Waals surface area contributed by atoms with Crippen LogP contribution in [0, 0.1) is 12.8 Å². The third-order valence-corrected chi connectivity index (χ3v) is 5.08. The standard InChI is InChI=1S/C16H26N2O3S/c1-6-18(7-2)16(19)15(12(3)4)17-22(20,21)14-10-8-13(5)9-11-14/h8-12,15,17H,6-7H2,1-5H3/t15-/m0/s1. The fraction of sp³-hybridized carbons (Fsp3) is 0.562. The summed E-state index contributed by atoms with van der Waals surface area (Å²) in [6, 6.07) is 5.83. The highest BCUT2D eigenvalue weighted by Crippen LogP contribution is 2.14. The molecule has 0 spiro atoms. The van der Waals surface area contributed by atoms with Crippen LogP contribution in [0.4, 0.5) is 0 Å². The molecular formula is C16H26N2O3S. The molecule has 1 amide bonds. The zero-order valence-electron chi connectivity index (χ0n) is 14.0. The van der Waals surface area contributed by atoms with E-state index >= 15 is 0 Å².